The van der Waals surface area contributed by atoms with E-state index < -0.39 is 12.0 Å². The number of carboxylic acids is 1. The van der Waals surface area contributed by atoms with Gasteiger partial charge in [0.2, 0.25) is 5.91 Å². The molecule has 3 heterocycles. The van der Waals surface area contributed by atoms with E-state index in [0.29, 0.717) is 48.2 Å². The number of ether oxygens (including phenoxy) is 3. The van der Waals surface area contributed by atoms with Crippen LogP contribution in [0.2, 0.25) is 5.02 Å². The van der Waals surface area contributed by atoms with Crippen LogP contribution in [0.4, 0.5) is 0 Å². The molecule has 294 valence electrons. The molecule has 2 aliphatic rings. The number of likely N-dealkylation sites (tertiary alicyclic amines) is 2. The molecule has 0 spiro atoms. The molecule has 12 heteroatoms. The Bertz CT molecular complexity index is 2070. The van der Waals surface area contributed by atoms with Crippen LogP contribution in [0.5, 0.6) is 17.2 Å². The molecule has 6 rings (SSSR count). The highest BCUT2D eigenvalue weighted by atomic mass is 35.5. The number of amides is 1. The Morgan fingerprint density at radius 3 is 2.50 bits per heavy atom. The minimum atomic E-state index is -0.836. The molecule has 2 saturated heterocycles. The third-order valence-electron chi connectivity index (χ3n) is 10.7. The summed E-state index contributed by atoms with van der Waals surface area (Å²) in [6.07, 6.45) is 7.40. The van der Waals surface area contributed by atoms with E-state index in [-0.39, 0.29) is 25.2 Å². The number of nitriles is 1. The van der Waals surface area contributed by atoms with Crippen LogP contribution in [0.1, 0.15) is 72.4 Å². The van der Waals surface area contributed by atoms with Crippen LogP contribution in [0.3, 0.4) is 0 Å². The van der Waals surface area contributed by atoms with Gasteiger partial charge >= 0.3 is 5.97 Å². The topological polar surface area (TPSA) is 137 Å². The minimum absolute atomic E-state index is 0.0243. The highest BCUT2D eigenvalue weighted by Gasteiger charge is 2.29. The average molecular weight is 780 g/mol. The van der Waals surface area contributed by atoms with Gasteiger partial charge in [-0.05, 0) is 92.1 Å². The van der Waals surface area contributed by atoms with Crippen molar-refractivity contribution in [2.75, 3.05) is 32.8 Å². The summed E-state index contributed by atoms with van der Waals surface area (Å²) in [4.78, 5) is 32.0. The quantitative estimate of drug-likeness (QED) is 0.110. The van der Waals surface area contributed by atoms with Crippen molar-refractivity contribution < 1.29 is 28.9 Å². The molecular weight excluding hydrogens is 730 g/mol. The fourth-order valence-electron chi connectivity index (χ4n) is 7.67. The summed E-state index contributed by atoms with van der Waals surface area (Å²) in [7, 11) is 0. The van der Waals surface area contributed by atoms with E-state index in [1.165, 1.54) is 6.20 Å². The first kappa shape index (κ1) is 40.5. The van der Waals surface area contributed by atoms with Crippen LogP contribution in [0, 0.1) is 25.2 Å². The third kappa shape index (κ3) is 10.4. The first-order valence-corrected chi connectivity index (χ1v) is 19.7. The van der Waals surface area contributed by atoms with Crippen molar-refractivity contribution in [3.63, 3.8) is 0 Å². The molecule has 3 aromatic carbocycles. The largest absolute Gasteiger partial charge is 0.493 e. The van der Waals surface area contributed by atoms with Crippen LogP contribution >= 0.6 is 11.6 Å². The highest BCUT2D eigenvalue weighted by Crippen LogP contribution is 2.37. The third-order valence-corrected chi connectivity index (χ3v) is 11.0. The van der Waals surface area contributed by atoms with Gasteiger partial charge in [0, 0.05) is 68.7 Å². The van der Waals surface area contributed by atoms with Crippen molar-refractivity contribution in [2.45, 2.75) is 84.7 Å². The van der Waals surface area contributed by atoms with Crippen LogP contribution in [0.15, 0.2) is 67.0 Å². The molecule has 0 unspecified atom stereocenters. The zero-order chi connectivity index (χ0) is 39.6. The van der Waals surface area contributed by atoms with Crippen molar-refractivity contribution in [1.82, 2.24) is 20.1 Å². The number of carbonyl (C=O) groups is 2. The van der Waals surface area contributed by atoms with Crippen molar-refractivity contribution in [2.24, 2.45) is 0 Å². The number of pyridine rings is 1. The average Bonchev–Trinajstić information content (AvgIpc) is 3.63. The van der Waals surface area contributed by atoms with E-state index >= 15 is 0 Å². The first-order chi connectivity index (χ1) is 27.1. The number of carbonyl (C=O) groups excluding carboxylic acids is 1. The summed E-state index contributed by atoms with van der Waals surface area (Å²) in [5, 5.41) is 22.7. The number of nitrogens with zero attached hydrogens (tertiary/aromatic N) is 4. The minimum Gasteiger partial charge on any atom is -0.493 e. The van der Waals surface area contributed by atoms with Gasteiger partial charge in [-0.15, -0.1) is 0 Å². The van der Waals surface area contributed by atoms with Gasteiger partial charge < -0.3 is 29.5 Å². The summed E-state index contributed by atoms with van der Waals surface area (Å²) >= 11 is 6.87. The van der Waals surface area contributed by atoms with Crippen LogP contribution < -0.4 is 19.5 Å². The fourth-order valence-corrected chi connectivity index (χ4v) is 7.91. The molecule has 2 N–H and O–H groups in total. The predicted octanol–water partition coefficient (Wildman–Crippen LogP) is 7.47. The van der Waals surface area contributed by atoms with Crippen molar-refractivity contribution in [1.29, 1.82) is 5.26 Å². The second-order valence-electron chi connectivity index (χ2n) is 14.7. The van der Waals surface area contributed by atoms with Crippen molar-refractivity contribution in [3.05, 3.63) is 105 Å². The summed E-state index contributed by atoms with van der Waals surface area (Å²) < 4.78 is 19.0. The first-order valence-electron chi connectivity index (χ1n) is 19.3. The number of benzene rings is 3. The molecule has 11 nitrogen and oxygen atoms in total. The van der Waals surface area contributed by atoms with E-state index in [4.69, 9.17) is 25.8 Å². The van der Waals surface area contributed by atoms with Crippen LogP contribution in [0.25, 0.3) is 11.1 Å². The molecule has 56 heavy (non-hydrogen) atoms. The van der Waals surface area contributed by atoms with E-state index in [2.05, 4.69) is 47.3 Å². The molecule has 0 saturated carbocycles. The van der Waals surface area contributed by atoms with Gasteiger partial charge in [0.15, 0.2) is 0 Å². The highest BCUT2D eigenvalue weighted by molar-refractivity contribution is 6.32. The maximum atomic E-state index is 12.1. The Morgan fingerprint density at radius 2 is 1.71 bits per heavy atom. The van der Waals surface area contributed by atoms with Crippen LogP contribution in [-0.4, -0.2) is 76.6 Å². The number of rotatable bonds is 16. The van der Waals surface area contributed by atoms with E-state index in [0.717, 1.165) is 90.0 Å². The Balaban J connectivity index is 1.15. The molecular formula is C44H50ClN5O6. The molecule has 1 aromatic heterocycles. The van der Waals surface area contributed by atoms with Crippen molar-refractivity contribution in [3.8, 4) is 34.4 Å². The second-order valence-corrected chi connectivity index (χ2v) is 15.1. The number of carboxylic acid groups (broad SMARTS) is 1. The number of nitrogens with one attached hydrogen (secondary N) is 1. The summed E-state index contributed by atoms with van der Waals surface area (Å²) in [6.45, 7) is 10.6. The molecule has 1 amide bonds. The van der Waals surface area contributed by atoms with E-state index in [1.807, 2.05) is 29.2 Å². The zero-order valence-corrected chi connectivity index (χ0v) is 33.1. The Labute approximate surface area is 334 Å². The normalized spacial score (nSPS) is 17.3. The SMILES string of the molecule is CC(=O)N[C@@H]1CCN(CCCOc2cccc(-c3cccc(COc4cc(OCc5cncc(C#N)c5)c(CN5CCCC[C@H]5C(=O)O)cc4Cl)c3C)c2C)C1. The second kappa shape index (κ2) is 19.1. The molecule has 2 atom stereocenters. The summed E-state index contributed by atoms with van der Waals surface area (Å²) in [5.74, 6) is 1.01. The van der Waals surface area contributed by atoms with E-state index in [9.17, 15) is 20.0 Å². The Hall–Kier alpha value is -5.15. The van der Waals surface area contributed by atoms with Gasteiger partial charge in [0.05, 0.1) is 17.2 Å². The molecule has 0 aliphatic carbocycles. The molecule has 0 bridgehead atoms. The Kier molecular flexibility index (Phi) is 13.8. The number of aliphatic carboxylic acids is 1. The summed E-state index contributed by atoms with van der Waals surface area (Å²) in [6, 6.07) is 19.4. The lowest BCUT2D eigenvalue weighted by atomic mass is 9.93. The summed E-state index contributed by atoms with van der Waals surface area (Å²) in [5.41, 5.74) is 7.23. The Morgan fingerprint density at radius 1 is 0.929 bits per heavy atom. The lowest BCUT2D eigenvalue weighted by molar-refractivity contribution is -0.144. The number of piperidine rings is 1. The maximum Gasteiger partial charge on any atom is 0.320 e. The van der Waals surface area contributed by atoms with Gasteiger partial charge in [-0.1, -0.05) is 48.4 Å². The van der Waals surface area contributed by atoms with Crippen molar-refractivity contribution >= 4 is 23.5 Å². The van der Waals surface area contributed by atoms with Gasteiger partial charge in [0.25, 0.3) is 0 Å². The lowest BCUT2D eigenvalue weighted by Gasteiger charge is -2.33. The smallest absolute Gasteiger partial charge is 0.320 e. The number of aromatic nitrogens is 1. The number of hydrogen-bond donors (Lipinski definition) is 2. The van der Waals surface area contributed by atoms with Crippen LogP contribution in [-0.2, 0) is 29.3 Å². The maximum absolute atomic E-state index is 12.1. The standard InChI is InChI=1S/C44H50ClN5O6/c1-29-34(9-6-10-37(29)38-11-7-13-41(30(38)2)54-18-8-15-49-17-14-36(26-49)48-31(3)51)28-56-43-21-42(55-27-33-19-32(22-46)23-47-24-33)35(20-39(43)45)25-50-16-5-4-12-40(50)44(52)53/h6-7,9-11,13,19-21,23-24,36,40H,4-5,8,12,14-18,25-28H2,1-3H3,(H,48,51)(H,52,53)/t36-,40+/m1/s1. The molecule has 2 fully saturated rings. The molecule has 2 aliphatic heterocycles. The zero-order valence-electron chi connectivity index (χ0n) is 32.4. The number of halogens is 1. The van der Waals surface area contributed by atoms with Gasteiger partial charge in [-0.2, -0.15) is 5.26 Å². The van der Waals surface area contributed by atoms with Gasteiger partial charge in [-0.25, -0.2) is 0 Å². The van der Waals surface area contributed by atoms with Gasteiger partial charge in [-0.3, -0.25) is 19.5 Å². The number of hydrogen-bond acceptors (Lipinski definition) is 9. The van der Waals surface area contributed by atoms with E-state index in [1.54, 1.807) is 31.3 Å². The molecule has 0 radical (unpaired) electrons. The van der Waals surface area contributed by atoms with Gasteiger partial charge in [0.1, 0.15) is 42.6 Å². The monoisotopic (exact) mass is 779 g/mol. The predicted molar refractivity (Wildman–Crippen MR) is 215 cm³/mol. The lowest BCUT2D eigenvalue weighted by Crippen LogP contribution is -2.44. The molecule has 4 aromatic rings. The fraction of sp³-hybridized carbons (Fsp3) is 0.409.